The van der Waals surface area contributed by atoms with Crippen molar-refractivity contribution < 1.29 is 28.6 Å². The quantitative estimate of drug-likeness (QED) is 0.0262. The van der Waals surface area contributed by atoms with Crippen molar-refractivity contribution in [2.24, 2.45) is 0 Å². The molecule has 0 aromatic heterocycles. The maximum Gasteiger partial charge on any atom is 0.306 e. The lowest BCUT2D eigenvalue weighted by molar-refractivity contribution is -0.167. The molecule has 0 fully saturated rings. The standard InChI is InChI=1S/C61H108O6/c1-4-7-10-13-16-19-22-25-27-28-29-30-31-32-34-36-39-42-45-48-51-54-60(63)66-57-58(56-65-59(62)53-50-47-44-41-38-35-24-21-18-15-12-9-6-3)67-61(64)55-52-49-46-43-40-37-33-26-23-20-17-14-11-8-5-2/h8,11,17,20,26,28-29,33,40,43,58H,4-7,9-10,12-16,18-19,21-25,27,30-32,34-39,41-42,44-57H2,1-3H3/b11-8-,20-17-,29-28-,33-26-,43-40-. The molecule has 0 saturated heterocycles. The van der Waals surface area contributed by atoms with Gasteiger partial charge in [0.1, 0.15) is 13.2 Å². The van der Waals surface area contributed by atoms with E-state index >= 15 is 0 Å². The topological polar surface area (TPSA) is 78.9 Å². The largest absolute Gasteiger partial charge is 0.462 e. The average Bonchev–Trinajstić information content (AvgIpc) is 3.33. The Hall–Kier alpha value is -2.89. The van der Waals surface area contributed by atoms with Crippen LogP contribution in [0.1, 0.15) is 290 Å². The Morgan fingerprint density at radius 3 is 0.955 bits per heavy atom. The zero-order chi connectivity index (χ0) is 48.6. The van der Waals surface area contributed by atoms with Crippen LogP contribution in [0.5, 0.6) is 0 Å². The van der Waals surface area contributed by atoms with E-state index in [0.29, 0.717) is 19.3 Å². The van der Waals surface area contributed by atoms with Crippen LogP contribution in [0.3, 0.4) is 0 Å². The molecule has 6 heteroatoms. The average molecular weight is 938 g/mol. The van der Waals surface area contributed by atoms with Gasteiger partial charge in [0, 0.05) is 19.3 Å². The Morgan fingerprint density at radius 1 is 0.313 bits per heavy atom. The van der Waals surface area contributed by atoms with Gasteiger partial charge < -0.3 is 14.2 Å². The summed E-state index contributed by atoms with van der Waals surface area (Å²) in [6.07, 6.45) is 69.3. The Bertz CT molecular complexity index is 1210. The first-order valence-corrected chi connectivity index (χ1v) is 28.8. The highest BCUT2D eigenvalue weighted by molar-refractivity contribution is 5.71. The highest BCUT2D eigenvalue weighted by Gasteiger charge is 2.19. The van der Waals surface area contributed by atoms with E-state index in [2.05, 4.69) is 81.5 Å². The minimum absolute atomic E-state index is 0.0890. The summed E-state index contributed by atoms with van der Waals surface area (Å²) >= 11 is 0. The normalized spacial score (nSPS) is 12.5. The number of ether oxygens (including phenoxy) is 3. The molecule has 0 rings (SSSR count). The summed E-state index contributed by atoms with van der Waals surface area (Å²) in [5, 5.41) is 0. The molecular formula is C61H108O6. The molecule has 0 amide bonds. The van der Waals surface area contributed by atoms with Gasteiger partial charge in [0.25, 0.3) is 0 Å². The van der Waals surface area contributed by atoms with Crippen molar-refractivity contribution in [1.29, 1.82) is 0 Å². The molecule has 0 heterocycles. The van der Waals surface area contributed by atoms with E-state index in [-0.39, 0.29) is 37.5 Å². The van der Waals surface area contributed by atoms with Gasteiger partial charge in [0.05, 0.1) is 0 Å². The maximum absolute atomic E-state index is 12.8. The summed E-state index contributed by atoms with van der Waals surface area (Å²) in [6.45, 7) is 6.51. The number of carbonyl (C=O) groups excluding carboxylic acids is 3. The van der Waals surface area contributed by atoms with Crippen molar-refractivity contribution in [3.63, 3.8) is 0 Å². The van der Waals surface area contributed by atoms with Crippen LogP contribution in [0.25, 0.3) is 0 Å². The Balaban J connectivity index is 4.36. The second-order valence-corrected chi connectivity index (χ2v) is 19.2. The van der Waals surface area contributed by atoms with Crippen molar-refractivity contribution in [3.05, 3.63) is 60.8 Å². The molecule has 388 valence electrons. The molecule has 0 bridgehead atoms. The van der Waals surface area contributed by atoms with Crippen LogP contribution in [0.15, 0.2) is 60.8 Å². The number of hydrogen-bond donors (Lipinski definition) is 0. The number of hydrogen-bond acceptors (Lipinski definition) is 6. The van der Waals surface area contributed by atoms with Gasteiger partial charge in [-0.25, -0.2) is 0 Å². The molecule has 67 heavy (non-hydrogen) atoms. The lowest BCUT2D eigenvalue weighted by Crippen LogP contribution is -2.30. The van der Waals surface area contributed by atoms with Gasteiger partial charge in [-0.2, -0.15) is 0 Å². The number of rotatable bonds is 52. The fourth-order valence-corrected chi connectivity index (χ4v) is 8.19. The summed E-state index contributed by atoms with van der Waals surface area (Å²) in [5.41, 5.74) is 0. The summed E-state index contributed by atoms with van der Waals surface area (Å²) < 4.78 is 16.8. The van der Waals surface area contributed by atoms with E-state index in [0.717, 1.165) is 77.0 Å². The number of unbranched alkanes of at least 4 members (excludes halogenated alkanes) is 31. The van der Waals surface area contributed by atoms with Crippen LogP contribution >= 0.6 is 0 Å². The Labute approximate surface area is 415 Å². The fourth-order valence-electron chi connectivity index (χ4n) is 8.19. The van der Waals surface area contributed by atoms with Crippen LogP contribution in [0.4, 0.5) is 0 Å². The first-order chi connectivity index (χ1) is 33.0. The van der Waals surface area contributed by atoms with Crippen molar-refractivity contribution in [1.82, 2.24) is 0 Å². The molecule has 0 radical (unpaired) electrons. The first kappa shape index (κ1) is 64.1. The highest BCUT2D eigenvalue weighted by Crippen LogP contribution is 2.16. The smallest absolute Gasteiger partial charge is 0.306 e. The van der Waals surface area contributed by atoms with Gasteiger partial charge in [-0.05, 0) is 83.5 Å². The van der Waals surface area contributed by atoms with E-state index < -0.39 is 6.10 Å². The minimum atomic E-state index is -0.794. The van der Waals surface area contributed by atoms with Gasteiger partial charge in [-0.15, -0.1) is 0 Å². The van der Waals surface area contributed by atoms with E-state index in [1.807, 2.05) is 0 Å². The molecule has 6 nitrogen and oxygen atoms in total. The molecule has 0 aliphatic carbocycles. The zero-order valence-electron chi connectivity index (χ0n) is 44.4. The molecule has 0 saturated carbocycles. The van der Waals surface area contributed by atoms with Crippen LogP contribution in [-0.4, -0.2) is 37.2 Å². The van der Waals surface area contributed by atoms with Crippen molar-refractivity contribution in [2.45, 2.75) is 297 Å². The van der Waals surface area contributed by atoms with Gasteiger partial charge in [-0.3, -0.25) is 14.4 Å². The molecule has 0 spiro atoms. The maximum atomic E-state index is 12.8. The molecule has 0 aromatic carbocycles. The predicted octanol–water partition coefficient (Wildman–Crippen LogP) is 19.2. The van der Waals surface area contributed by atoms with Crippen molar-refractivity contribution in [3.8, 4) is 0 Å². The summed E-state index contributed by atoms with van der Waals surface area (Å²) in [4.78, 5) is 38.1. The van der Waals surface area contributed by atoms with Gasteiger partial charge in [-0.1, -0.05) is 248 Å². The van der Waals surface area contributed by atoms with E-state index in [4.69, 9.17) is 14.2 Å². The summed E-state index contributed by atoms with van der Waals surface area (Å²) in [7, 11) is 0. The van der Waals surface area contributed by atoms with Gasteiger partial charge in [0.15, 0.2) is 6.10 Å². The Morgan fingerprint density at radius 2 is 0.582 bits per heavy atom. The Kier molecular flexibility index (Phi) is 53.3. The second kappa shape index (κ2) is 55.7. The van der Waals surface area contributed by atoms with E-state index in [1.165, 1.54) is 167 Å². The minimum Gasteiger partial charge on any atom is -0.462 e. The molecular weight excluding hydrogens is 829 g/mol. The third-order valence-electron chi connectivity index (χ3n) is 12.5. The second-order valence-electron chi connectivity index (χ2n) is 19.2. The number of carbonyl (C=O) groups is 3. The lowest BCUT2D eigenvalue weighted by Gasteiger charge is -2.18. The molecule has 1 unspecified atom stereocenters. The SMILES string of the molecule is CC/C=C\C/C=C\C/C=C\C/C=C\CCCCC(=O)OC(COC(=O)CCCCCCCCCCC/C=C\CCCCCCCCCC)COC(=O)CCCCCCCCCCCCCCC. The number of allylic oxidation sites excluding steroid dienone is 10. The van der Waals surface area contributed by atoms with Crippen LogP contribution in [0.2, 0.25) is 0 Å². The van der Waals surface area contributed by atoms with Crippen LogP contribution < -0.4 is 0 Å². The zero-order valence-corrected chi connectivity index (χ0v) is 44.4. The summed E-state index contributed by atoms with van der Waals surface area (Å²) in [6, 6.07) is 0. The highest BCUT2D eigenvalue weighted by atomic mass is 16.6. The fraction of sp³-hybridized carbons (Fsp3) is 0.787. The monoisotopic (exact) mass is 937 g/mol. The van der Waals surface area contributed by atoms with E-state index in [1.54, 1.807) is 0 Å². The van der Waals surface area contributed by atoms with Crippen LogP contribution in [0, 0.1) is 0 Å². The van der Waals surface area contributed by atoms with E-state index in [9.17, 15) is 14.4 Å². The molecule has 0 aliphatic heterocycles. The number of esters is 3. The summed E-state index contributed by atoms with van der Waals surface area (Å²) in [5.74, 6) is -0.922. The lowest BCUT2D eigenvalue weighted by atomic mass is 10.0. The van der Waals surface area contributed by atoms with Gasteiger partial charge >= 0.3 is 17.9 Å². The van der Waals surface area contributed by atoms with Crippen LogP contribution in [-0.2, 0) is 28.6 Å². The van der Waals surface area contributed by atoms with Gasteiger partial charge in [0.2, 0.25) is 0 Å². The molecule has 0 aliphatic rings. The first-order valence-electron chi connectivity index (χ1n) is 28.8. The predicted molar refractivity (Wildman–Crippen MR) is 288 cm³/mol. The molecule has 0 aromatic rings. The third-order valence-corrected chi connectivity index (χ3v) is 12.5. The molecule has 1 atom stereocenters. The van der Waals surface area contributed by atoms with Crippen molar-refractivity contribution >= 4 is 17.9 Å². The molecule has 0 N–H and O–H groups in total. The van der Waals surface area contributed by atoms with Crippen molar-refractivity contribution in [2.75, 3.05) is 13.2 Å². The third kappa shape index (κ3) is 53.9.